The molecule has 4 fully saturated rings. The summed E-state index contributed by atoms with van der Waals surface area (Å²) in [5.41, 5.74) is 13.9. The van der Waals surface area contributed by atoms with Crippen molar-refractivity contribution >= 4 is 29.0 Å². The quantitative estimate of drug-likeness (QED) is 0.210. The standard InChI is InChI=1S/C21H25N5O.C15H16N4.C5H11N/c1-14-12-15(8-10-22-14)18-6-7-19-20(24-18)26(17-9-11-25(19)13-17)21(27)23-16-4-2-3-5-16;1-10-8-11(4-6-16-10)13-2-3-14-15(18-13)17-12-5-7-19(14)9-12;6-5-3-1-2-4-5/h6-8,10,12,16-17H,2-5,9,11,13H2,1H3,(H,23,27);2-4,6,8,12H,5,7,9H2,1H3,(H,17,18);5H,1-4,6H2/t17-;12-;/m00./s1. The van der Waals surface area contributed by atoms with Gasteiger partial charge in [-0.25, -0.2) is 14.8 Å². The third kappa shape index (κ3) is 7.42. The zero-order valence-electron chi connectivity index (χ0n) is 30.6. The fourth-order valence-electron chi connectivity index (χ4n) is 8.58. The highest BCUT2D eigenvalue weighted by Gasteiger charge is 2.41. The average Bonchev–Trinajstić information content (AvgIpc) is 3.99. The Kier molecular flexibility index (Phi) is 9.94. The Hall–Kier alpha value is -4.77. The molecule has 4 aromatic rings. The number of hydrogen-bond donors (Lipinski definition) is 3. The molecule has 11 nitrogen and oxygen atoms in total. The normalized spacial score (nSPS) is 21.4. The minimum Gasteiger partial charge on any atom is -0.366 e. The number of aryl methyl sites for hydroxylation is 2. The van der Waals surface area contributed by atoms with Gasteiger partial charge < -0.3 is 26.2 Å². The number of aromatic nitrogens is 4. The van der Waals surface area contributed by atoms with Gasteiger partial charge in [-0.3, -0.25) is 14.9 Å². The second-order valence-corrected chi connectivity index (χ2v) is 15.3. The number of pyridine rings is 4. The van der Waals surface area contributed by atoms with Crippen LogP contribution in [0, 0.1) is 13.8 Å². The van der Waals surface area contributed by atoms with Gasteiger partial charge in [-0.2, -0.15) is 0 Å². The molecule has 8 heterocycles. The van der Waals surface area contributed by atoms with Gasteiger partial charge in [0.05, 0.1) is 28.8 Å². The predicted octanol–water partition coefficient (Wildman–Crippen LogP) is 6.85. The second kappa shape index (κ2) is 15.1. The van der Waals surface area contributed by atoms with Crippen molar-refractivity contribution in [3.63, 3.8) is 0 Å². The molecule has 4 N–H and O–H groups in total. The summed E-state index contributed by atoms with van der Waals surface area (Å²) >= 11 is 0. The lowest BCUT2D eigenvalue weighted by atomic mass is 10.1. The summed E-state index contributed by atoms with van der Waals surface area (Å²) in [5.74, 6) is 1.83. The number of carbonyl (C=O) groups is 1. The van der Waals surface area contributed by atoms with Gasteiger partial charge in [0.15, 0.2) is 11.6 Å². The Morgan fingerprint density at radius 2 is 1.37 bits per heavy atom. The first-order valence-electron chi connectivity index (χ1n) is 19.4. The van der Waals surface area contributed by atoms with E-state index in [2.05, 4.69) is 60.7 Å². The molecular weight excluding hydrogens is 649 g/mol. The Bertz CT molecular complexity index is 1890. The summed E-state index contributed by atoms with van der Waals surface area (Å²) in [7, 11) is 0. The van der Waals surface area contributed by atoms with Gasteiger partial charge >= 0.3 is 6.03 Å². The van der Waals surface area contributed by atoms with Crippen LogP contribution in [0.2, 0.25) is 0 Å². The maximum Gasteiger partial charge on any atom is 0.323 e. The molecule has 272 valence electrons. The Morgan fingerprint density at radius 1 is 0.750 bits per heavy atom. The second-order valence-electron chi connectivity index (χ2n) is 15.3. The summed E-state index contributed by atoms with van der Waals surface area (Å²) in [4.78, 5) is 38.1. The van der Waals surface area contributed by atoms with E-state index in [0.717, 1.165) is 96.7 Å². The van der Waals surface area contributed by atoms with E-state index in [9.17, 15) is 4.79 Å². The van der Waals surface area contributed by atoms with Crippen molar-refractivity contribution in [2.45, 2.75) is 102 Å². The van der Waals surface area contributed by atoms with Crippen LogP contribution < -0.4 is 31.1 Å². The van der Waals surface area contributed by atoms with Crippen molar-refractivity contribution in [2.24, 2.45) is 5.73 Å². The Labute approximate surface area is 307 Å². The minimum atomic E-state index is 0.0188. The van der Waals surface area contributed by atoms with Gasteiger partial charge in [0.25, 0.3) is 0 Å². The molecule has 2 aliphatic carbocycles. The molecule has 4 aliphatic heterocycles. The zero-order valence-corrected chi connectivity index (χ0v) is 30.6. The number of carbonyl (C=O) groups excluding carboxylic acids is 1. The maximum absolute atomic E-state index is 13.2. The molecule has 11 heteroatoms. The number of urea groups is 1. The van der Waals surface area contributed by atoms with E-state index < -0.39 is 0 Å². The van der Waals surface area contributed by atoms with Crippen LogP contribution in [0.4, 0.5) is 27.8 Å². The molecule has 2 saturated carbocycles. The molecule has 0 aromatic carbocycles. The van der Waals surface area contributed by atoms with E-state index in [-0.39, 0.29) is 12.1 Å². The molecule has 4 bridgehead atoms. The lowest BCUT2D eigenvalue weighted by Gasteiger charge is -2.36. The Balaban J connectivity index is 0.000000134. The third-order valence-corrected chi connectivity index (χ3v) is 11.4. The molecule has 2 atom stereocenters. The van der Waals surface area contributed by atoms with Gasteiger partial charge in [-0.05, 0) is 101 Å². The lowest BCUT2D eigenvalue weighted by Crippen LogP contribution is -2.52. The fourth-order valence-corrected chi connectivity index (χ4v) is 8.58. The van der Waals surface area contributed by atoms with Crippen LogP contribution in [0.25, 0.3) is 22.5 Å². The lowest BCUT2D eigenvalue weighted by molar-refractivity contribution is 0.240. The molecule has 2 saturated heterocycles. The van der Waals surface area contributed by atoms with E-state index in [0.29, 0.717) is 18.1 Å². The van der Waals surface area contributed by atoms with Crippen LogP contribution in [-0.2, 0) is 0 Å². The summed E-state index contributed by atoms with van der Waals surface area (Å²) in [6.45, 7) is 8.13. The third-order valence-electron chi connectivity index (χ3n) is 11.4. The van der Waals surface area contributed by atoms with Crippen molar-refractivity contribution in [3.8, 4) is 22.5 Å². The highest BCUT2D eigenvalue weighted by molar-refractivity contribution is 5.97. The van der Waals surface area contributed by atoms with Crippen molar-refractivity contribution < 1.29 is 4.79 Å². The first kappa shape index (κ1) is 34.3. The van der Waals surface area contributed by atoms with Crippen LogP contribution in [0.5, 0.6) is 0 Å². The summed E-state index contributed by atoms with van der Waals surface area (Å²) in [6.07, 6.45) is 15.7. The van der Waals surface area contributed by atoms with Gasteiger partial charge in [0.2, 0.25) is 0 Å². The first-order valence-corrected chi connectivity index (χ1v) is 19.4. The molecule has 2 amide bonds. The molecular formula is C41H52N10O. The van der Waals surface area contributed by atoms with E-state index in [1.165, 1.54) is 50.6 Å². The fraction of sp³-hybridized carbons (Fsp3) is 0.488. The average molecular weight is 701 g/mol. The molecule has 52 heavy (non-hydrogen) atoms. The van der Waals surface area contributed by atoms with E-state index >= 15 is 0 Å². The number of amides is 2. The summed E-state index contributed by atoms with van der Waals surface area (Å²) in [5, 5.41) is 6.80. The number of anilines is 4. The summed E-state index contributed by atoms with van der Waals surface area (Å²) < 4.78 is 0. The van der Waals surface area contributed by atoms with Gasteiger partial charge in [-0.1, -0.05) is 25.7 Å². The van der Waals surface area contributed by atoms with Crippen molar-refractivity contribution in [1.82, 2.24) is 25.3 Å². The van der Waals surface area contributed by atoms with E-state index in [1.807, 2.05) is 49.3 Å². The van der Waals surface area contributed by atoms with Gasteiger partial charge in [0, 0.05) is 79.2 Å². The number of nitrogens with zero attached hydrogens (tertiary/aromatic N) is 7. The number of fused-ring (bicyclic) bond motifs is 8. The Morgan fingerprint density at radius 3 is 2.02 bits per heavy atom. The predicted molar refractivity (Wildman–Crippen MR) is 209 cm³/mol. The van der Waals surface area contributed by atoms with Crippen LogP contribution >= 0.6 is 0 Å². The van der Waals surface area contributed by atoms with Crippen molar-refractivity contribution in [1.29, 1.82) is 0 Å². The highest BCUT2D eigenvalue weighted by Crippen LogP contribution is 2.40. The molecule has 0 spiro atoms. The van der Waals surface area contributed by atoms with Crippen LogP contribution in [0.15, 0.2) is 60.9 Å². The number of hydrogen-bond acceptors (Lipinski definition) is 9. The molecule has 6 aliphatic rings. The van der Waals surface area contributed by atoms with Crippen LogP contribution in [0.1, 0.15) is 75.6 Å². The van der Waals surface area contributed by atoms with E-state index in [1.54, 1.807) is 0 Å². The van der Waals surface area contributed by atoms with Gasteiger partial charge in [0.1, 0.15) is 0 Å². The number of nitrogens with two attached hydrogens (primary N) is 1. The summed E-state index contributed by atoms with van der Waals surface area (Å²) in [6, 6.07) is 18.2. The van der Waals surface area contributed by atoms with Crippen molar-refractivity contribution in [3.05, 3.63) is 72.3 Å². The van der Waals surface area contributed by atoms with Crippen LogP contribution in [-0.4, -0.2) is 76.3 Å². The number of rotatable bonds is 3. The monoisotopic (exact) mass is 700 g/mol. The molecule has 0 unspecified atom stereocenters. The topological polar surface area (TPSA) is 128 Å². The van der Waals surface area contributed by atoms with E-state index in [4.69, 9.17) is 15.7 Å². The van der Waals surface area contributed by atoms with Gasteiger partial charge in [-0.15, -0.1) is 0 Å². The smallest absolute Gasteiger partial charge is 0.323 e. The van der Waals surface area contributed by atoms with Crippen LogP contribution in [0.3, 0.4) is 0 Å². The maximum atomic E-state index is 13.2. The largest absolute Gasteiger partial charge is 0.366 e. The SMILES string of the molecule is Cc1cc(-c2ccc3c(n2)N(C(=O)NC2CCCC2)[C@H]2CCN3C2)ccn1.Cc1cc(-c2ccc3c(n2)N[C@H]2CCN3C2)ccn1.NC1CCCC1. The zero-order chi connectivity index (χ0) is 35.6. The highest BCUT2D eigenvalue weighted by atomic mass is 16.2. The molecule has 0 radical (unpaired) electrons. The minimum absolute atomic E-state index is 0.0188. The molecule has 10 rings (SSSR count). The number of nitrogens with one attached hydrogen (secondary N) is 2. The first-order chi connectivity index (χ1) is 25.4. The van der Waals surface area contributed by atoms with Crippen molar-refractivity contribution in [2.75, 3.05) is 46.2 Å². The molecule has 4 aromatic heterocycles.